The topological polar surface area (TPSA) is 56.1 Å². The van der Waals surface area contributed by atoms with Crippen LogP contribution in [0.5, 0.6) is 11.5 Å². The Bertz CT molecular complexity index is 872. The second kappa shape index (κ2) is 4.77. The Balaban J connectivity index is 1.87. The summed E-state index contributed by atoms with van der Waals surface area (Å²) in [6.07, 6.45) is 2.66. The van der Waals surface area contributed by atoms with Crippen molar-refractivity contribution in [3.05, 3.63) is 48.3 Å². The minimum atomic E-state index is 0.203. The maximum atomic E-state index is 11.7. The number of amides is 1. The van der Waals surface area contributed by atoms with Crippen LogP contribution in [0.1, 0.15) is 5.69 Å². The number of carbonyl (C=O) groups excluding carboxylic acids is 1. The SMILES string of the molecule is Cc1nc2ccccn2c1N(C=O)c1ccc2c(c1)OCO2. The quantitative estimate of drug-likeness (QED) is 0.697. The largest absolute Gasteiger partial charge is 0.454 e. The highest BCUT2D eigenvalue weighted by Crippen LogP contribution is 2.37. The molecule has 1 aliphatic rings. The molecule has 110 valence electrons. The molecule has 2 aromatic heterocycles. The van der Waals surface area contributed by atoms with Crippen molar-refractivity contribution in [2.45, 2.75) is 6.92 Å². The Labute approximate surface area is 126 Å². The van der Waals surface area contributed by atoms with Crippen molar-refractivity contribution in [3.63, 3.8) is 0 Å². The number of rotatable bonds is 3. The normalized spacial score (nSPS) is 12.6. The first kappa shape index (κ1) is 12.7. The van der Waals surface area contributed by atoms with E-state index in [1.54, 1.807) is 17.0 Å². The van der Waals surface area contributed by atoms with Gasteiger partial charge in [0, 0.05) is 12.3 Å². The standard InChI is InChI=1S/C16H13N3O3/c1-11-16(18-7-3-2-4-15(18)17-11)19(9-20)12-5-6-13-14(8-12)22-10-21-13/h2-9H,10H2,1H3. The minimum Gasteiger partial charge on any atom is -0.454 e. The molecule has 0 atom stereocenters. The fraction of sp³-hybridized carbons (Fsp3) is 0.125. The van der Waals surface area contributed by atoms with Crippen LogP contribution in [-0.2, 0) is 4.79 Å². The average Bonchev–Trinajstić information content (AvgIpc) is 3.12. The van der Waals surface area contributed by atoms with Crippen LogP contribution in [0.15, 0.2) is 42.6 Å². The Hall–Kier alpha value is -3.02. The molecule has 0 unspecified atom stereocenters. The Morgan fingerprint density at radius 2 is 2.09 bits per heavy atom. The van der Waals surface area contributed by atoms with Gasteiger partial charge in [-0.2, -0.15) is 0 Å². The number of hydrogen-bond acceptors (Lipinski definition) is 4. The lowest BCUT2D eigenvalue weighted by molar-refractivity contribution is -0.106. The molecule has 22 heavy (non-hydrogen) atoms. The van der Waals surface area contributed by atoms with Crippen molar-refractivity contribution in [1.82, 2.24) is 9.38 Å². The maximum absolute atomic E-state index is 11.7. The average molecular weight is 295 g/mol. The summed E-state index contributed by atoms with van der Waals surface area (Å²) < 4.78 is 12.6. The molecule has 4 rings (SSSR count). The van der Waals surface area contributed by atoms with E-state index in [2.05, 4.69) is 4.98 Å². The summed E-state index contributed by atoms with van der Waals surface area (Å²) in [5.41, 5.74) is 2.27. The first-order chi connectivity index (χ1) is 10.8. The van der Waals surface area contributed by atoms with Crippen molar-refractivity contribution in [1.29, 1.82) is 0 Å². The molecule has 0 bridgehead atoms. The molecule has 0 aliphatic carbocycles. The lowest BCUT2D eigenvalue weighted by atomic mass is 10.2. The predicted octanol–water partition coefficient (Wildman–Crippen LogP) is 2.67. The summed E-state index contributed by atoms with van der Waals surface area (Å²) in [5, 5.41) is 0. The van der Waals surface area contributed by atoms with Gasteiger partial charge in [-0.3, -0.25) is 14.1 Å². The lowest BCUT2D eigenvalue weighted by Crippen LogP contribution is -2.17. The van der Waals surface area contributed by atoms with E-state index in [4.69, 9.17) is 9.47 Å². The summed E-state index contributed by atoms with van der Waals surface area (Å²) >= 11 is 0. The second-order valence-electron chi connectivity index (χ2n) is 4.96. The number of aromatic nitrogens is 2. The van der Waals surface area contributed by atoms with E-state index in [1.165, 1.54) is 0 Å². The van der Waals surface area contributed by atoms with Gasteiger partial charge >= 0.3 is 0 Å². The zero-order chi connectivity index (χ0) is 15.1. The molecule has 1 aromatic carbocycles. The number of aryl methyl sites for hydroxylation is 1. The number of fused-ring (bicyclic) bond motifs is 2. The van der Waals surface area contributed by atoms with Gasteiger partial charge in [0.15, 0.2) is 11.5 Å². The molecule has 3 aromatic rings. The van der Waals surface area contributed by atoms with Gasteiger partial charge in [-0.25, -0.2) is 4.98 Å². The third-order valence-corrected chi connectivity index (χ3v) is 3.64. The summed E-state index contributed by atoms with van der Waals surface area (Å²) in [6.45, 7) is 2.08. The van der Waals surface area contributed by atoms with E-state index < -0.39 is 0 Å². The van der Waals surface area contributed by atoms with Crippen LogP contribution < -0.4 is 14.4 Å². The van der Waals surface area contributed by atoms with Crippen molar-refractivity contribution < 1.29 is 14.3 Å². The number of hydrogen-bond donors (Lipinski definition) is 0. The third kappa shape index (κ3) is 1.81. The number of benzene rings is 1. The highest BCUT2D eigenvalue weighted by atomic mass is 16.7. The lowest BCUT2D eigenvalue weighted by Gasteiger charge is -2.18. The molecule has 1 amide bonds. The summed E-state index contributed by atoms with van der Waals surface area (Å²) in [5.74, 6) is 2.03. The maximum Gasteiger partial charge on any atom is 0.231 e. The molecule has 0 fully saturated rings. The van der Waals surface area contributed by atoms with Crippen molar-refractivity contribution in [2.75, 3.05) is 11.7 Å². The van der Waals surface area contributed by atoms with Crippen LogP contribution >= 0.6 is 0 Å². The van der Waals surface area contributed by atoms with Crippen LogP contribution in [0.3, 0.4) is 0 Å². The highest BCUT2D eigenvalue weighted by Gasteiger charge is 2.20. The predicted molar refractivity (Wildman–Crippen MR) is 80.7 cm³/mol. The van der Waals surface area contributed by atoms with Crippen molar-refractivity contribution >= 4 is 23.6 Å². The summed E-state index contributed by atoms with van der Waals surface area (Å²) in [6, 6.07) is 11.1. The van der Waals surface area contributed by atoms with Crippen LogP contribution in [-0.4, -0.2) is 22.6 Å². The Morgan fingerprint density at radius 3 is 2.95 bits per heavy atom. The van der Waals surface area contributed by atoms with Gasteiger partial charge in [0.2, 0.25) is 13.2 Å². The fourth-order valence-electron chi connectivity index (χ4n) is 2.66. The fourth-order valence-corrected chi connectivity index (χ4v) is 2.66. The first-order valence-electron chi connectivity index (χ1n) is 6.86. The zero-order valence-electron chi connectivity index (χ0n) is 11.9. The third-order valence-electron chi connectivity index (χ3n) is 3.64. The summed E-state index contributed by atoms with van der Waals surface area (Å²) in [4.78, 5) is 17.8. The van der Waals surface area contributed by atoms with E-state index >= 15 is 0 Å². The molecule has 0 spiro atoms. The van der Waals surface area contributed by atoms with Gasteiger partial charge in [-0.05, 0) is 31.2 Å². The summed E-state index contributed by atoms with van der Waals surface area (Å²) in [7, 11) is 0. The van der Waals surface area contributed by atoms with E-state index in [0.29, 0.717) is 23.0 Å². The van der Waals surface area contributed by atoms with Gasteiger partial charge in [-0.1, -0.05) is 6.07 Å². The number of pyridine rings is 1. The Morgan fingerprint density at radius 1 is 1.23 bits per heavy atom. The molecule has 6 nitrogen and oxygen atoms in total. The van der Waals surface area contributed by atoms with Crippen LogP contribution in [0.4, 0.5) is 11.5 Å². The Kier molecular flexibility index (Phi) is 2.75. The molecule has 0 saturated carbocycles. The van der Waals surface area contributed by atoms with E-state index in [1.807, 2.05) is 41.8 Å². The van der Waals surface area contributed by atoms with Crippen LogP contribution in [0, 0.1) is 6.92 Å². The van der Waals surface area contributed by atoms with Crippen molar-refractivity contribution in [2.24, 2.45) is 0 Å². The zero-order valence-corrected chi connectivity index (χ0v) is 11.9. The van der Waals surface area contributed by atoms with E-state index in [0.717, 1.165) is 17.8 Å². The molecule has 1 aliphatic heterocycles. The van der Waals surface area contributed by atoms with Gasteiger partial charge in [0.1, 0.15) is 11.5 Å². The van der Waals surface area contributed by atoms with Gasteiger partial charge < -0.3 is 9.47 Å². The molecule has 0 radical (unpaired) electrons. The number of imidazole rings is 1. The highest BCUT2D eigenvalue weighted by molar-refractivity contribution is 5.87. The minimum absolute atomic E-state index is 0.203. The smallest absolute Gasteiger partial charge is 0.231 e. The molecular formula is C16H13N3O3. The number of anilines is 2. The molecule has 3 heterocycles. The van der Waals surface area contributed by atoms with E-state index in [9.17, 15) is 4.79 Å². The van der Waals surface area contributed by atoms with Crippen molar-refractivity contribution in [3.8, 4) is 11.5 Å². The molecule has 0 saturated heterocycles. The van der Waals surface area contributed by atoms with Gasteiger partial charge in [-0.15, -0.1) is 0 Å². The monoisotopic (exact) mass is 295 g/mol. The number of ether oxygens (including phenoxy) is 2. The molecule has 0 N–H and O–H groups in total. The van der Waals surface area contributed by atoms with Gasteiger partial charge in [0.05, 0.1) is 11.4 Å². The number of carbonyl (C=O) groups is 1. The van der Waals surface area contributed by atoms with Crippen LogP contribution in [0.2, 0.25) is 0 Å². The molecule has 6 heteroatoms. The molecular weight excluding hydrogens is 282 g/mol. The van der Waals surface area contributed by atoms with E-state index in [-0.39, 0.29) is 6.79 Å². The second-order valence-corrected chi connectivity index (χ2v) is 4.96. The van der Waals surface area contributed by atoms with Crippen LogP contribution in [0.25, 0.3) is 5.65 Å². The van der Waals surface area contributed by atoms with Gasteiger partial charge in [0.25, 0.3) is 0 Å². The number of nitrogens with zero attached hydrogens (tertiary/aromatic N) is 3. The first-order valence-corrected chi connectivity index (χ1v) is 6.86.